The van der Waals surface area contributed by atoms with E-state index in [0.717, 1.165) is 4.57 Å². The lowest BCUT2D eigenvalue weighted by atomic mass is 10.2. The SMILES string of the molecule is COc1ccc(-c2oc([O-])c(C(=O)C(F)(F)F)[n+]2-c2ccccc2)cc1. The smallest absolute Gasteiger partial charge is 0.461 e. The van der Waals surface area contributed by atoms with Gasteiger partial charge in [-0.2, -0.15) is 13.2 Å². The Kier molecular flexibility index (Phi) is 4.41. The summed E-state index contributed by atoms with van der Waals surface area (Å²) >= 11 is 0. The van der Waals surface area contributed by atoms with Gasteiger partial charge in [-0.1, -0.05) is 18.2 Å². The van der Waals surface area contributed by atoms with Crippen LogP contribution in [0.15, 0.2) is 59.0 Å². The van der Waals surface area contributed by atoms with E-state index >= 15 is 0 Å². The number of alkyl halides is 3. The molecule has 1 aromatic heterocycles. The van der Waals surface area contributed by atoms with Crippen LogP contribution in [0.5, 0.6) is 11.7 Å². The number of benzene rings is 2. The molecule has 0 aliphatic rings. The van der Waals surface area contributed by atoms with Crippen molar-refractivity contribution in [2.45, 2.75) is 6.18 Å². The number of rotatable bonds is 4. The van der Waals surface area contributed by atoms with E-state index in [2.05, 4.69) is 0 Å². The third-order valence-electron chi connectivity index (χ3n) is 3.63. The molecule has 3 rings (SSSR count). The summed E-state index contributed by atoms with van der Waals surface area (Å²) in [5.74, 6) is -3.30. The Hall–Kier alpha value is -3.29. The van der Waals surface area contributed by atoms with Crippen molar-refractivity contribution in [3.63, 3.8) is 0 Å². The molecule has 0 amide bonds. The number of hydrogen-bond donors (Lipinski definition) is 0. The minimum Gasteiger partial charge on any atom is -0.540 e. The normalized spacial score (nSPS) is 11.4. The molecule has 0 fully saturated rings. The summed E-state index contributed by atoms with van der Waals surface area (Å²) in [6.45, 7) is 0. The van der Waals surface area contributed by atoms with Gasteiger partial charge in [0.05, 0.1) is 12.7 Å². The number of halogens is 3. The molecule has 0 radical (unpaired) electrons. The number of para-hydroxylation sites is 1. The van der Waals surface area contributed by atoms with E-state index in [4.69, 9.17) is 9.15 Å². The largest absolute Gasteiger partial charge is 0.540 e. The Bertz CT molecular complexity index is 932. The Morgan fingerprint density at radius 2 is 1.69 bits per heavy atom. The molecule has 0 atom stereocenters. The van der Waals surface area contributed by atoms with Crippen molar-refractivity contribution >= 4 is 5.78 Å². The van der Waals surface area contributed by atoms with Gasteiger partial charge in [0.2, 0.25) is 5.69 Å². The molecular formula is C18H12F3NO4. The zero-order chi connectivity index (χ0) is 18.9. The highest BCUT2D eigenvalue weighted by atomic mass is 19.4. The number of nitrogens with zero attached hydrogens (tertiary/aromatic N) is 1. The predicted molar refractivity (Wildman–Crippen MR) is 82.1 cm³/mol. The van der Waals surface area contributed by atoms with Gasteiger partial charge in [0.15, 0.2) is 0 Å². The Labute approximate surface area is 145 Å². The number of aromatic nitrogens is 1. The summed E-state index contributed by atoms with van der Waals surface area (Å²) < 4.78 is 49.8. The quantitative estimate of drug-likeness (QED) is 0.528. The molecule has 134 valence electrons. The molecule has 0 saturated carbocycles. The average Bonchev–Trinajstić information content (AvgIpc) is 2.98. The topological polar surface area (TPSA) is 66.4 Å². The molecule has 26 heavy (non-hydrogen) atoms. The fraction of sp³-hybridized carbons (Fsp3) is 0.111. The van der Waals surface area contributed by atoms with E-state index in [-0.39, 0.29) is 11.6 Å². The lowest BCUT2D eigenvalue weighted by Crippen LogP contribution is -2.41. The van der Waals surface area contributed by atoms with Crippen LogP contribution < -0.4 is 14.4 Å². The fourth-order valence-electron chi connectivity index (χ4n) is 2.45. The maximum Gasteiger partial charge on any atom is 0.461 e. The van der Waals surface area contributed by atoms with Crippen LogP contribution in [0.25, 0.3) is 17.1 Å². The van der Waals surface area contributed by atoms with Crippen LogP contribution in [0.2, 0.25) is 0 Å². The van der Waals surface area contributed by atoms with Crippen molar-refractivity contribution < 1.29 is 36.8 Å². The summed E-state index contributed by atoms with van der Waals surface area (Å²) in [5.41, 5.74) is -0.598. The number of hydrogen-bond acceptors (Lipinski definition) is 4. The lowest BCUT2D eigenvalue weighted by Gasteiger charge is -2.05. The van der Waals surface area contributed by atoms with Gasteiger partial charge in [-0.25, -0.2) is 0 Å². The van der Waals surface area contributed by atoms with Crippen molar-refractivity contribution in [3.8, 4) is 28.8 Å². The van der Waals surface area contributed by atoms with E-state index < -0.39 is 23.6 Å². The van der Waals surface area contributed by atoms with Gasteiger partial charge in [0, 0.05) is 12.1 Å². The van der Waals surface area contributed by atoms with Crippen LogP contribution in [-0.4, -0.2) is 19.1 Å². The highest BCUT2D eigenvalue weighted by Gasteiger charge is 2.47. The van der Waals surface area contributed by atoms with E-state index in [1.54, 1.807) is 30.3 Å². The molecule has 0 aliphatic heterocycles. The zero-order valence-electron chi connectivity index (χ0n) is 13.4. The maximum atomic E-state index is 13.0. The molecule has 0 saturated heterocycles. The number of oxazole rings is 1. The predicted octanol–water partition coefficient (Wildman–Crippen LogP) is 3.05. The molecule has 0 aliphatic carbocycles. The van der Waals surface area contributed by atoms with Crippen LogP contribution in [0.4, 0.5) is 13.2 Å². The van der Waals surface area contributed by atoms with Gasteiger partial charge < -0.3 is 14.3 Å². The Morgan fingerprint density at radius 1 is 1.08 bits per heavy atom. The summed E-state index contributed by atoms with van der Waals surface area (Å²) in [5, 5.41) is 12.1. The highest BCUT2D eigenvalue weighted by Crippen LogP contribution is 2.30. The first-order valence-electron chi connectivity index (χ1n) is 7.40. The first-order valence-corrected chi connectivity index (χ1v) is 7.40. The number of methoxy groups -OCH3 is 1. The second-order valence-electron chi connectivity index (χ2n) is 5.27. The number of Topliss-reactive ketones (excluding diaryl/α,β-unsaturated/α-hetero) is 1. The van der Waals surface area contributed by atoms with Crippen molar-refractivity contribution in [1.82, 2.24) is 0 Å². The van der Waals surface area contributed by atoms with E-state index in [9.17, 15) is 23.1 Å². The molecule has 2 aromatic carbocycles. The number of ether oxygens (including phenoxy) is 1. The second-order valence-corrected chi connectivity index (χ2v) is 5.27. The average molecular weight is 363 g/mol. The van der Waals surface area contributed by atoms with E-state index in [1.807, 2.05) is 0 Å². The molecule has 5 nitrogen and oxygen atoms in total. The van der Waals surface area contributed by atoms with Gasteiger partial charge in [0.25, 0.3) is 11.6 Å². The van der Waals surface area contributed by atoms with Crippen molar-refractivity contribution in [1.29, 1.82) is 0 Å². The fourth-order valence-corrected chi connectivity index (χ4v) is 2.45. The molecule has 0 N–H and O–H groups in total. The monoisotopic (exact) mass is 363 g/mol. The molecule has 0 spiro atoms. The van der Waals surface area contributed by atoms with E-state index in [0.29, 0.717) is 11.3 Å². The van der Waals surface area contributed by atoms with Crippen LogP contribution in [0.3, 0.4) is 0 Å². The molecule has 0 unspecified atom stereocenters. The van der Waals surface area contributed by atoms with Crippen molar-refractivity contribution in [3.05, 3.63) is 60.3 Å². The molecule has 0 bridgehead atoms. The number of carbonyl (C=O) groups excluding carboxylic acids is 1. The van der Waals surface area contributed by atoms with Crippen LogP contribution in [0.1, 0.15) is 10.5 Å². The molecular weight excluding hydrogens is 351 g/mol. The second kappa shape index (κ2) is 6.55. The Morgan fingerprint density at radius 3 is 2.23 bits per heavy atom. The van der Waals surface area contributed by atoms with Crippen LogP contribution >= 0.6 is 0 Å². The van der Waals surface area contributed by atoms with Gasteiger partial charge in [-0.15, -0.1) is 4.57 Å². The van der Waals surface area contributed by atoms with Gasteiger partial charge in [-0.05, 0) is 24.3 Å². The first kappa shape index (κ1) is 17.5. The van der Waals surface area contributed by atoms with Gasteiger partial charge in [0.1, 0.15) is 11.7 Å². The van der Waals surface area contributed by atoms with Crippen LogP contribution in [0, 0.1) is 0 Å². The van der Waals surface area contributed by atoms with Crippen LogP contribution in [-0.2, 0) is 0 Å². The number of carbonyl (C=O) groups is 1. The minimum atomic E-state index is -5.21. The third-order valence-corrected chi connectivity index (χ3v) is 3.63. The first-order chi connectivity index (χ1) is 12.3. The third kappa shape index (κ3) is 3.13. The van der Waals surface area contributed by atoms with E-state index in [1.165, 1.54) is 31.4 Å². The lowest BCUT2D eigenvalue weighted by molar-refractivity contribution is -0.590. The maximum absolute atomic E-state index is 13.0. The molecule has 3 aromatic rings. The summed E-state index contributed by atoms with van der Waals surface area (Å²) in [6, 6.07) is 13.9. The van der Waals surface area contributed by atoms with Crippen molar-refractivity contribution in [2.75, 3.05) is 7.11 Å². The highest BCUT2D eigenvalue weighted by molar-refractivity contribution is 5.99. The minimum absolute atomic E-state index is 0.184. The summed E-state index contributed by atoms with van der Waals surface area (Å²) in [7, 11) is 1.46. The summed E-state index contributed by atoms with van der Waals surface area (Å²) in [4.78, 5) is 11.8. The molecule has 1 heterocycles. The Balaban J connectivity index is 2.26. The van der Waals surface area contributed by atoms with Crippen molar-refractivity contribution in [2.24, 2.45) is 0 Å². The number of ketones is 1. The molecule has 8 heteroatoms. The zero-order valence-corrected chi connectivity index (χ0v) is 13.4. The van der Waals surface area contributed by atoms with Gasteiger partial charge >= 0.3 is 12.0 Å². The summed E-state index contributed by atoms with van der Waals surface area (Å²) in [6.07, 6.45) is -5.21. The van der Waals surface area contributed by atoms with Gasteiger partial charge in [-0.3, -0.25) is 4.79 Å². The standard InChI is InChI=1S/C18H12F3NO4/c1-25-13-9-7-11(8-10-13)16-22(12-5-3-2-4-6-12)14(17(24)26-16)15(23)18(19,20)21/h2-10H,1H3.